The van der Waals surface area contributed by atoms with E-state index >= 15 is 0 Å². The summed E-state index contributed by atoms with van der Waals surface area (Å²) in [6, 6.07) is -4.26. The maximum absolute atomic E-state index is 11.2. The Balaban J connectivity index is 1.44. The zero-order chi connectivity index (χ0) is 29.5. The SMILES string of the molecule is CNC1C(O[C@H]2OC(CO)[C@@H](N=C(N)N)C(O)C2O)O[C@H]2CC(N)[C@@H](O[C@H]3C(N)C[C@@H](N)C(O)C3O)OC2C1O. The number of nitrogens with one attached hydrogen (secondary N) is 1. The van der Waals surface area contributed by atoms with Crippen LogP contribution in [0, 0.1) is 0 Å². The predicted molar refractivity (Wildman–Crippen MR) is 135 cm³/mol. The number of aliphatic hydroxyl groups excluding tert-OH is 6. The highest BCUT2D eigenvalue weighted by Gasteiger charge is 2.54. The minimum atomic E-state index is -1.64. The largest absolute Gasteiger partial charge is 0.394 e. The van der Waals surface area contributed by atoms with E-state index in [1.54, 1.807) is 0 Å². The molecule has 4 fully saturated rings. The van der Waals surface area contributed by atoms with Gasteiger partial charge in [-0.3, -0.25) is 0 Å². The molecule has 1 saturated carbocycles. The summed E-state index contributed by atoms with van der Waals surface area (Å²) in [6.07, 6.45) is -14.4. The second-order valence-corrected chi connectivity index (χ2v) is 10.7. The van der Waals surface area contributed by atoms with Crippen LogP contribution in [0.15, 0.2) is 4.99 Å². The van der Waals surface area contributed by atoms with Crippen molar-refractivity contribution in [3.63, 3.8) is 0 Å². The Bertz CT molecular complexity index is 871. The fourth-order valence-corrected chi connectivity index (χ4v) is 5.74. The highest BCUT2D eigenvalue weighted by molar-refractivity contribution is 5.76. The Kier molecular flexibility index (Phi) is 10.2. The van der Waals surface area contributed by atoms with E-state index in [-0.39, 0.29) is 18.8 Å². The smallest absolute Gasteiger partial charge is 0.189 e. The van der Waals surface area contributed by atoms with Crippen LogP contribution in [0.3, 0.4) is 0 Å². The Labute approximate surface area is 230 Å². The maximum atomic E-state index is 11.2. The highest BCUT2D eigenvalue weighted by Crippen LogP contribution is 2.35. The molecule has 0 bridgehead atoms. The highest BCUT2D eigenvalue weighted by atomic mass is 16.8. The first-order valence-corrected chi connectivity index (χ1v) is 13.2. The van der Waals surface area contributed by atoms with Gasteiger partial charge in [-0.2, -0.15) is 0 Å². The van der Waals surface area contributed by atoms with E-state index in [0.717, 1.165) is 0 Å². The summed E-state index contributed by atoms with van der Waals surface area (Å²) in [6.45, 7) is -0.591. The number of hydrogen-bond acceptors (Lipinski definition) is 16. The van der Waals surface area contributed by atoms with Gasteiger partial charge in [0.15, 0.2) is 24.8 Å². The van der Waals surface area contributed by atoms with Crippen molar-refractivity contribution in [2.45, 2.75) is 117 Å². The van der Waals surface area contributed by atoms with Gasteiger partial charge in [0.2, 0.25) is 0 Å². The third kappa shape index (κ3) is 6.21. The fraction of sp³-hybridized carbons (Fsp3) is 0.955. The van der Waals surface area contributed by atoms with Crippen molar-refractivity contribution < 1.29 is 54.3 Å². The van der Waals surface area contributed by atoms with Crippen LogP contribution >= 0.6 is 0 Å². The minimum Gasteiger partial charge on any atom is -0.394 e. The topological polar surface area (TPSA) is 322 Å². The van der Waals surface area contributed by atoms with Gasteiger partial charge in [0, 0.05) is 12.1 Å². The standard InChI is InChI=1S/C22H43N7O11/c1-28-11-14(33)18-8(3-7(25)19(39-18)38-17-6(24)2-5(23)12(31)15(17)34)36-20(11)40-21-16(35)13(32)10(29-22(26)27)9(4-30)37-21/h5-21,28,30-35H,2-4,23-25H2,1H3,(H4,26,27,29)/t5-,6?,7?,8+,9?,10-,11?,12?,13?,14?,15?,16?,17+,18?,19+,20?,21-/m1/s1. The molecule has 3 heterocycles. The van der Waals surface area contributed by atoms with Gasteiger partial charge in [-0.1, -0.05) is 0 Å². The van der Waals surface area contributed by atoms with Crippen LogP contribution in [0.4, 0.5) is 0 Å². The van der Waals surface area contributed by atoms with Crippen molar-refractivity contribution in [2.24, 2.45) is 33.7 Å². The number of guanidine groups is 1. The van der Waals surface area contributed by atoms with Crippen LogP contribution in [-0.2, 0) is 23.7 Å². The Morgan fingerprint density at radius 1 is 0.800 bits per heavy atom. The molecule has 17 N–H and O–H groups in total. The number of aliphatic hydroxyl groups is 6. The molecule has 1 aliphatic carbocycles. The van der Waals surface area contributed by atoms with Gasteiger partial charge in [0.25, 0.3) is 0 Å². The molecule has 4 aliphatic rings. The predicted octanol–water partition coefficient (Wildman–Crippen LogP) is -7.63. The second-order valence-electron chi connectivity index (χ2n) is 10.7. The Morgan fingerprint density at radius 3 is 2.12 bits per heavy atom. The molecule has 0 aromatic rings. The quantitative estimate of drug-likeness (QED) is 0.0980. The first-order valence-electron chi connectivity index (χ1n) is 13.2. The number of fused-ring (bicyclic) bond motifs is 1. The molecule has 11 unspecified atom stereocenters. The lowest BCUT2D eigenvalue weighted by Gasteiger charge is -2.51. The summed E-state index contributed by atoms with van der Waals surface area (Å²) in [7, 11) is 1.54. The summed E-state index contributed by atoms with van der Waals surface area (Å²) in [5.74, 6) is -0.367. The van der Waals surface area contributed by atoms with Gasteiger partial charge in [-0.05, 0) is 19.9 Å². The lowest BCUT2D eigenvalue weighted by Crippen LogP contribution is -2.70. The number of aliphatic imine (C=N–C) groups is 1. The summed E-state index contributed by atoms with van der Waals surface area (Å²) < 4.78 is 29.4. The van der Waals surface area contributed by atoms with E-state index in [1.165, 1.54) is 7.05 Å². The molecular weight excluding hydrogens is 538 g/mol. The third-order valence-electron chi connectivity index (χ3n) is 7.95. The monoisotopic (exact) mass is 581 g/mol. The van der Waals surface area contributed by atoms with Crippen LogP contribution in [0.1, 0.15) is 12.8 Å². The zero-order valence-electron chi connectivity index (χ0n) is 22.0. The lowest BCUT2D eigenvalue weighted by molar-refractivity contribution is -0.373. The van der Waals surface area contributed by atoms with Crippen molar-refractivity contribution in [3.05, 3.63) is 0 Å². The van der Waals surface area contributed by atoms with E-state index in [0.29, 0.717) is 0 Å². The first kappa shape index (κ1) is 31.6. The Hall–Kier alpha value is -1.33. The molecule has 0 aromatic carbocycles. The number of hydrogen-bond donors (Lipinski definition) is 12. The van der Waals surface area contributed by atoms with Crippen molar-refractivity contribution in [1.29, 1.82) is 0 Å². The van der Waals surface area contributed by atoms with Crippen molar-refractivity contribution in [1.82, 2.24) is 5.32 Å². The lowest BCUT2D eigenvalue weighted by atomic mass is 9.84. The molecule has 18 heteroatoms. The van der Waals surface area contributed by atoms with Gasteiger partial charge in [-0.25, -0.2) is 4.99 Å². The molecule has 0 spiro atoms. The zero-order valence-corrected chi connectivity index (χ0v) is 22.0. The van der Waals surface area contributed by atoms with Crippen LogP contribution in [-0.4, -0.2) is 154 Å². The van der Waals surface area contributed by atoms with Crippen LogP contribution in [0.2, 0.25) is 0 Å². The molecule has 3 aliphatic heterocycles. The van der Waals surface area contributed by atoms with Crippen LogP contribution in [0.5, 0.6) is 0 Å². The van der Waals surface area contributed by atoms with Crippen LogP contribution < -0.4 is 34.0 Å². The van der Waals surface area contributed by atoms with E-state index in [9.17, 15) is 30.6 Å². The maximum Gasteiger partial charge on any atom is 0.189 e. The van der Waals surface area contributed by atoms with E-state index < -0.39 is 111 Å². The molecule has 0 amide bonds. The number of nitrogens with two attached hydrogens (primary N) is 5. The normalized spacial score (nSPS) is 51.6. The molecule has 3 saturated heterocycles. The van der Waals surface area contributed by atoms with E-state index in [1.807, 2.05) is 0 Å². The molecule has 232 valence electrons. The number of rotatable bonds is 7. The Morgan fingerprint density at radius 2 is 1.50 bits per heavy atom. The second kappa shape index (κ2) is 12.9. The van der Waals surface area contributed by atoms with Gasteiger partial charge in [-0.15, -0.1) is 0 Å². The minimum absolute atomic E-state index is 0.130. The van der Waals surface area contributed by atoms with Crippen molar-refractivity contribution >= 4 is 5.96 Å². The average molecular weight is 582 g/mol. The summed E-state index contributed by atoms with van der Waals surface area (Å²) in [4.78, 5) is 3.83. The first-order chi connectivity index (χ1) is 18.9. The molecular formula is C22H43N7O11. The van der Waals surface area contributed by atoms with Gasteiger partial charge in [0.1, 0.15) is 48.8 Å². The van der Waals surface area contributed by atoms with Gasteiger partial charge in [0.05, 0.1) is 30.9 Å². The number of nitrogens with zero attached hydrogens (tertiary/aromatic N) is 1. The summed E-state index contributed by atoms with van der Waals surface area (Å²) in [5, 5.41) is 65.7. The third-order valence-corrected chi connectivity index (χ3v) is 7.95. The molecule has 40 heavy (non-hydrogen) atoms. The van der Waals surface area contributed by atoms with E-state index in [2.05, 4.69) is 10.3 Å². The van der Waals surface area contributed by atoms with E-state index in [4.69, 9.17) is 52.4 Å². The van der Waals surface area contributed by atoms with Crippen molar-refractivity contribution in [2.75, 3.05) is 13.7 Å². The molecule has 17 atom stereocenters. The summed E-state index contributed by atoms with van der Waals surface area (Å²) in [5.41, 5.74) is 29.0. The average Bonchev–Trinajstić information content (AvgIpc) is 2.90. The summed E-state index contributed by atoms with van der Waals surface area (Å²) >= 11 is 0. The molecule has 4 rings (SSSR count). The number of likely N-dealkylation sites (N-methyl/N-ethyl adjacent to an activating group) is 1. The molecule has 0 aromatic heterocycles. The van der Waals surface area contributed by atoms with Crippen LogP contribution in [0.25, 0.3) is 0 Å². The molecule has 18 nitrogen and oxygen atoms in total. The van der Waals surface area contributed by atoms with Gasteiger partial charge >= 0.3 is 0 Å². The van der Waals surface area contributed by atoms with Gasteiger partial charge < -0.3 is 88.3 Å². The number of ether oxygens (including phenoxy) is 5. The van der Waals surface area contributed by atoms with Crippen molar-refractivity contribution in [3.8, 4) is 0 Å². The molecule has 0 radical (unpaired) electrons. The fourth-order valence-electron chi connectivity index (χ4n) is 5.74.